The molecule has 0 aromatic heterocycles. The van der Waals surface area contributed by atoms with Crippen molar-refractivity contribution in [3.63, 3.8) is 0 Å². The SMILES string of the molecule is Cc1ccc(OCC(=O)NC[C@@H]2CCCO2)cc1C. The minimum Gasteiger partial charge on any atom is -0.484 e. The van der Waals surface area contributed by atoms with Crippen LogP contribution in [0.1, 0.15) is 24.0 Å². The molecular weight excluding hydrogens is 242 g/mol. The zero-order chi connectivity index (χ0) is 13.7. The van der Waals surface area contributed by atoms with E-state index in [-0.39, 0.29) is 18.6 Å². The molecule has 4 nitrogen and oxygen atoms in total. The van der Waals surface area contributed by atoms with Gasteiger partial charge in [-0.3, -0.25) is 4.79 Å². The zero-order valence-electron chi connectivity index (χ0n) is 11.6. The molecule has 1 aromatic rings. The van der Waals surface area contributed by atoms with E-state index in [0.29, 0.717) is 6.54 Å². The van der Waals surface area contributed by atoms with Crippen molar-refractivity contribution in [2.75, 3.05) is 19.8 Å². The van der Waals surface area contributed by atoms with E-state index in [1.54, 1.807) is 0 Å². The van der Waals surface area contributed by atoms with Gasteiger partial charge in [0.2, 0.25) is 0 Å². The standard InChI is InChI=1S/C15H21NO3/c1-11-5-6-13(8-12(11)2)19-10-15(17)16-9-14-4-3-7-18-14/h5-6,8,14H,3-4,7,9-10H2,1-2H3,(H,16,17)/t14-/m0/s1. The molecule has 4 heteroatoms. The summed E-state index contributed by atoms with van der Waals surface area (Å²) in [7, 11) is 0. The third-order valence-corrected chi connectivity index (χ3v) is 3.40. The smallest absolute Gasteiger partial charge is 0.258 e. The molecule has 1 N–H and O–H groups in total. The maximum absolute atomic E-state index is 11.6. The summed E-state index contributed by atoms with van der Waals surface area (Å²) in [5, 5.41) is 2.83. The summed E-state index contributed by atoms with van der Waals surface area (Å²) in [5.74, 6) is 0.629. The van der Waals surface area contributed by atoms with Crippen molar-refractivity contribution < 1.29 is 14.3 Å². The Morgan fingerprint density at radius 1 is 1.42 bits per heavy atom. The molecule has 1 aliphatic heterocycles. The first-order valence-corrected chi connectivity index (χ1v) is 6.73. The van der Waals surface area contributed by atoms with Crippen molar-refractivity contribution in [3.05, 3.63) is 29.3 Å². The summed E-state index contributed by atoms with van der Waals surface area (Å²) >= 11 is 0. The summed E-state index contributed by atoms with van der Waals surface area (Å²) in [5.41, 5.74) is 2.38. The minimum absolute atomic E-state index is 0.0508. The van der Waals surface area contributed by atoms with Gasteiger partial charge in [0, 0.05) is 13.2 Å². The maximum atomic E-state index is 11.6. The number of carbonyl (C=O) groups excluding carboxylic acids is 1. The summed E-state index contributed by atoms with van der Waals surface area (Å²) in [6.45, 7) is 5.51. The van der Waals surface area contributed by atoms with Gasteiger partial charge in [0.1, 0.15) is 5.75 Å². The second-order valence-electron chi connectivity index (χ2n) is 4.97. The Morgan fingerprint density at radius 3 is 2.95 bits per heavy atom. The first-order valence-electron chi connectivity index (χ1n) is 6.73. The van der Waals surface area contributed by atoms with E-state index in [0.717, 1.165) is 30.8 Å². The largest absolute Gasteiger partial charge is 0.484 e. The summed E-state index contributed by atoms with van der Waals surface area (Å²) in [6.07, 6.45) is 2.28. The highest BCUT2D eigenvalue weighted by Crippen LogP contribution is 2.16. The Labute approximate surface area is 114 Å². The molecule has 0 saturated carbocycles. The van der Waals surface area contributed by atoms with Gasteiger partial charge in [0.15, 0.2) is 6.61 Å². The highest BCUT2D eigenvalue weighted by molar-refractivity contribution is 5.77. The van der Waals surface area contributed by atoms with Crippen LogP contribution >= 0.6 is 0 Å². The third-order valence-electron chi connectivity index (χ3n) is 3.40. The number of aryl methyl sites for hydroxylation is 2. The van der Waals surface area contributed by atoms with E-state index in [1.165, 1.54) is 5.56 Å². The lowest BCUT2D eigenvalue weighted by atomic mass is 10.1. The number of ether oxygens (including phenoxy) is 2. The van der Waals surface area contributed by atoms with Crippen LogP contribution in [0.4, 0.5) is 0 Å². The van der Waals surface area contributed by atoms with Crippen LogP contribution in [0.15, 0.2) is 18.2 Å². The molecule has 1 aliphatic rings. The Kier molecular flexibility index (Phi) is 4.80. The second kappa shape index (κ2) is 6.57. The van der Waals surface area contributed by atoms with Gasteiger partial charge in [-0.1, -0.05) is 6.07 Å². The van der Waals surface area contributed by atoms with Crippen molar-refractivity contribution in [1.82, 2.24) is 5.32 Å². The summed E-state index contributed by atoms with van der Waals surface area (Å²) in [6, 6.07) is 5.83. The van der Waals surface area contributed by atoms with Crippen LogP contribution in [-0.4, -0.2) is 31.8 Å². The van der Waals surface area contributed by atoms with E-state index in [4.69, 9.17) is 9.47 Å². The van der Waals surface area contributed by atoms with Gasteiger partial charge < -0.3 is 14.8 Å². The van der Waals surface area contributed by atoms with E-state index in [1.807, 2.05) is 32.0 Å². The highest BCUT2D eigenvalue weighted by Gasteiger charge is 2.16. The first kappa shape index (κ1) is 13.9. The van der Waals surface area contributed by atoms with Gasteiger partial charge in [0.05, 0.1) is 6.10 Å². The van der Waals surface area contributed by atoms with Crippen LogP contribution in [0.5, 0.6) is 5.75 Å². The summed E-state index contributed by atoms with van der Waals surface area (Å²) in [4.78, 5) is 11.6. The second-order valence-corrected chi connectivity index (χ2v) is 4.97. The number of hydrogen-bond acceptors (Lipinski definition) is 3. The monoisotopic (exact) mass is 263 g/mol. The Morgan fingerprint density at radius 2 is 2.26 bits per heavy atom. The molecule has 1 amide bonds. The number of rotatable bonds is 5. The van der Waals surface area contributed by atoms with Crippen LogP contribution in [0.3, 0.4) is 0 Å². The van der Waals surface area contributed by atoms with Crippen molar-refractivity contribution in [1.29, 1.82) is 0 Å². The molecule has 104 valence electrons. The van der Waals surface area contributed by atoms with Crippen LogP contribution in [0.2, 0.25) is 0 Å². The van der Waals surface area contributed by atoms with Crippen LogP contribution in [0.25, 0.3) is 0 Å². The topological polar surface area (TPSA) is 47.6 Å². The first-order chi connectivity index (χ1) is 9.15. The molecule has 1 saturated heterocycles. The molecule has 19 heavy (non-hydrogen) atoms. The average molecular weight is 263 g/mol. The Balaban J connectivity index is 1.71. The number of nitrogens with one attached hydrogen (secondary N) is 1. The van der Waals surface area contributed by atoms with Gasteiger partial charge in [-0.2, -0.15) is 0 Å². The van der Waals surface area contributed by atoms with E-state index < -0.39 is 0 Å². The molecule has 0 bridgehead atoms. The van der Waals surface area contributed by atoms with Crippen molar-refractivity contribution >= 4 is 5.91 Å². The lowest BCUT2D eigenvalue weighted by Gasteiger charge is -2.12. The maximum Gasteiger partial charge on any atom is 0.258 e. The molecule has 1 fully saturated rings. The fourth-order valence-corrected chi connectivity index (χ4v) is 2.04. The molecule has 0 aliphatic carbocycles. The molecule has 1 atom stereocenters. The van der Waals surface area contributed by atoms with Crippen LogP contribution < -0.4 is 10.1 Å². The number of carbonyl (C=O) groups is 1. The molecule has 0 unspecified atom stereocenters. The molecule has 1 heterocycles. The van der Waals surface area contributed by atoms with Gasteiger partial charge in [-0.15, -0.1) is 0 Å². The zero-order valence-corrected chi connectivity index (χ0v) is 11.6. The van der Waals surface area contributed by atoms with Crippen molar-refractivity contribution in [2.24, 2.45) is 0 Å². The molecule has 2 rings (SSSR count). The fourth-order valence-electron chi connectivity index (χ4n) is 2.04. The predicted octanol–water partition coefficient (Wildman–Crippen LogP) is 1.98. The van der Waals surface area contributed by atoms with Gasteiger partial charge in [-0.25, -0.2) is 0 Å². The molecule has 1 aromatic carbocycles. The van der Waals surface area contributed by atoms with Crippen LogP contribution in [-0.2, 0) is 9.53 Å². The Bertz CT molecular complexity index is 439. The number of hydrogen-bond donors (Lipinski definition) is 1. The van der Waals surface area contributed by atoms with Crippen molar-refractivity contribution in [3.8, 4) is 5.75 Å². The van der Waals surface area contributed by atoms with Crippen LogP contribution in [0, 0.1) is 13.8 Å². The van der Waals surface area contributed by atoms with E-state index >= 15 is 0 Å². The summed E-state index contributed by atoms with van der Waals surface area (Å²) < 4.78 is 10.9. The number of benzene rings is 1. The molecule has 0 radical (unpaired) electrons. The van der Waals surface area contributed by atoms with Gasteiger partial charge in [0.25, 0.3) is 5.91 Å². The lowest BCUT2D eigenvalue weighted by Crippen LogP contribution is -2.35. The van der Waals surface area contributed by atoms with Gasteiger partial charge >= 0.3 is 0 Å². The quantitative estimate of drug-likeness (QED) is 0.883. The molecule has 0 spiro atoms. The van der Waals surface area contributed by atoms with E-state index in [9.17, 15) is 4.79 Å². The lowest BCUT2D eigenvalue weighted by molar-refractivity contribution is -0.123. The van der Waals surface area contributed by atoms with Crippen molar-refractivity contribution in [2.45, 2.75) is 32.8 Å². The fraction of sp³-hybridized carbons (Fsp3) is 0.533. The highest BCUT2D eigenvalue weighted by atomic mass is 16.5. The third kappa shape index (κ3) is 4.24. The minimum atomic E-state index is -0.103. The predicted molar refractivity (Wildman–Crippen MR) is 73.4 cm³/mol. The number of amides is 1. The normalized spacial score (nSPS) is 18.3. The Hall–Kier alpha value is -1.55. The van der Waals surface area contributed by atoms with E-state index in [2.05, 4.69) is 5.32 Å². The molecular formula is C15H21NO3. The average Bonchev–Trinajstić information content (AvgIpc) is 2.91. The van der Waals surface area contributed by atoms with Gasteiger partial charge in [-0.05, 0) is 49.9 Å².